The molecule has 0 unspecified atom stereocenters. The van der Waals surface area contributed by atoms with E-state index in [0.717, 1.165) is 18.5 Å². The Bertz CT molecular complexity index is 412. The van der Waals surface area contributed by atoms with Gasteiger partial charge in [0, 0.05) is 17.8 Å². The van der Waals surface area contributed by atoms with Crippen LogP contribution in [0.25, 0.3) is 0 Å². The van der Waals surface area contributed by atoms with E-state index in [0.29, 0.717) is 17.4 Å². The van der Waals surface area contributed by atoms with Crippen molar-refractivity contribution in [3.63, 3.8) is 0 Å². The SMILES string of the molecule is Cc1ccc(C(N)=O)c(NC2CC(N)C2)n1. The molecule has 1 amide bonds. The Balaban J connectivity index is 2.17. The first-order valence-corrected chi connectivity index (χ1v) is 5.36. The fourth-order valence-corrected chi connectivity index (χ4v) is 1.84. The van der Waals surface area contributed by atoms with Gasteiger partial charge in [-0.15, -0.1) is 0 Å². The van der Waals surface area contributed by atoms with E-state index < -0.39 is 5.91 Å². The van der Waals surface area contributed by atoms with Crippen molar-refractivity contribution in [1.29, 1.82) is 0 Å². The van der Waals surface area contributed by atoms with Crippen LogP contribution in [-0.4, -0.2) is 23.0 Å². The summed E-state index contributed by atoms with van der Waals surface area (Å²) in [7, 11) is 0. The fourth-order valence-electron chi connectivity index (χ4n) is 1.84. The van der Waals surface area contributed by atoms with Gasteiger partial charge in [-0.3, -0.25) is 4.79 Å². The summed E-state index contributed by atoms with van der Waals surface area (Å²) in [6.07, 6.45) is 1.82. The number of rotatable bonds is 3. The second kappa shape index (κ2) is 4.09. The Morgan fingerprint density at radius 3 is 2.75 bits per heavy atom. The quantitative estimate of drug-likeness (QED) is 0.686. The van der Waals surface area contributed by atoms with Crippen molar-refractivity contribution in [2.24, 2.45) is 11.5 Å². The summed E-state index contributed by atoms with van der Waals surface area (Å²) in [6.45, 7) is 1.88. The van der Waals surface area contributed by atoms with Gasteiger partial charge in [-0.05, 0) is 31.9 Å². The average Bonchev–Trinajstić information content (AvgIpc) is 2.15. The molecule has 1 heterocycles. The highest BCUT2D eigenvalue weighted by molar-refractivity contribution is 5.97. The minimum Gasteiger partial charge on any atom is -0.367 e. The van der Waals surface area contributed by atoms with Gasteiger partial charge in [-0.25, -0.2) is 4.98 Å². The molecule has 5 heteroatoms. The largest absolute Gasteiger partial charge is 0.367 e. The van der Waals surface area contributed by atoms with Crippen LogP contribution in [-0.2, 0) is 0 Å². The lowest BCUT2D eigenvalue weighted by molar-refractivity contribution is 0.100. The van der Waals surface area contributed by atoms with Gasteiger partial charge in [0.1, 0.15) is 5.82 Å². The maximum absolute atomic E-state index is 11.2. The number of primary amides is 1. The summed E-state index contributed by atoms with van der Waals surface area (Å²) < 4.78 is 0. The first-order valence-electron chi connectivity index (χ1n) is 5.36. The van der Waals surface area contributed by atoms with Crippen molar-refractivity contribution < 1.29 is 4.79 Å². The molecule has 1 aromatic heterocycles. The second-order valence-corrected chi connectivity index (χ2v) is 4.29. The van der Waals surface area contributed by atoms with Crippen LogP contribution >= 0.6 is 0 Å². The number of carbonyl (C=O) groups excluding carboxylic acids is 1. The van der Waals surface area contributed by atoms with Gasteiger partial charge in [0.2, 0.25) is 0 Å². The molecule has 1 aromatic rings. The number of carbonyl (C=O) groups is 1. The number of anilines is 1. The smallest absolute Gasteiger partial charge is 0.252 e. The van der Waals surface area contributed by atoms with Gasteiger partial charge in [-0.1, -0.05) is 0 Å². The Morgan fingerprint density at radius 2 is 2.19 bits per heavy atom. The third-order valence-electron chi connectivity index (χ3n) is 2.82. The molecular weight excluding hydrogens is 204 g/mol. The van der Waals surface area contributed by atoms with E-state index in [1.807, 2.05) is 6.92 Å². The summed E-state index contributed by atoms with van der Waals surface area (Å²) in [5, 5.41) is 3.21. The number of nitrogens with two attached hydrogens (primary N) is 2. The predicted octanol–water partition coefficient (Wildman–Crippen LogP) is 0.391. The molecule has 0 aromatic carbocycles. The fraction of sp³-hybridized carbons (Fsp3) is 0.455. The topological polar surface area (TPSA) is 94.0 Å². The zero-order valence-corrected chi connectivity index (χ0v) is 9.23. The van der Waals surface area contributed by atoms with E-state index in [-0.39, 0.29) is 6.04 Å². The zero-order chi connectivity index (χ0) is 11.7. The molecule has 86 valence electrons. The van der Waals surface area contributed by atoms with Crippen LogP contribution in [0.1, 0.15) is 28.9 Å². The molecule has 1 saturated carbocycles. The number of nitrogens with one attached hydrogen (secondary N) is 1. The molecular formula is C11H16N4O. The van der Waals surface area contributed by atoms with Gasteiger partial charge in [0.15, 0.2) is 0 Å². The molecule has 5 N–H and O–H groups in total. The van der Waals surface area contributed by atoms with Crippen LogP contribution in [0.3, 0.4) is 0 Å². The molecule has 2 rings (SSSR count). The minimum atomic E-state index is -0.460. The first-order chi connectivity index (χ1) is 7.56. The molecule has 0 saturated heterocycles. The Hall–Kier alpha value is -1.62. The van der Waals surface area contributed by atoms with E-state index in [4.69, 9.17) is 11.5 Å². The molecule has 1 aliphatic rings. The second-order valence-electron chi connectivity index (χ2n) is 4.29. The Kier molecular flexibility index (Phi) is 2.78. The third-order valence-corrected chi connectivity index (χ3v) is 2.82. The highest BCUT2D eigenvalue weighted by Gasteiger charge is 2.27. The predicted molar refractivity (Wildman–Crippen MR) is 62.1 cm³/mol. The number of pyridine rings is 1. The normalized spacial score (nSPS) is 23.6. The van der Waals surface area contributed by atoms with Gasteiger partial charge < -0.3 is 16.8 Å². The first kappa shape index (κ1) is 10.9. The molecule has 0 bridgehead atoms. The van der Waals surface area contributed by atoms with Crippen molar-refractivity contribution in [3.05, 3.63) is 23.4 Å². The van der Waals surface area contributed by atoms with E-state index >= 15 is 0 Å². The number of hydrogen-bond donors (Lipinski definition) is 3. The van der Waals surface area contributed by atoms with Gasteiger partial charge in [-0.2, -0.15) is 0 Å². The highest BCUT2D eigenvalue weighted by atomic mass is 16.1. The highest BCUT2D eigenvalue weighted by Crippen LogP contribution is 2.23. The van der Waals surface area contributed by atoms with Crippen molar-refractivity contribution in [2.75, 3.05) is 5.32 Å². The van der Waals surface area contributed by atoms with Crippen LogP contribution in [0.2, 0.25) is 0 Å². The van der Waals surface area contributed by atoms with Gasteiger partial charge in [0.25, 0.3) is 5.91 Å². The summed E-state index contributed by atoms with van der Waals surface area (Å²) in [5.74, 6) is 0.114. The molecule has 0 spiro atoms. The summed E-state index contributed by atoms with van der Waals surface area (Å²) in [5.41, 5.74) is 12.3. The standard InChI is InChI=1S/C11H16N4O/c1-6-2-3-9(10(13)16)11(14-6)15-8-4-7(12)5-8/h2-3,7-8H,4-5,12H2,1H3,(H2,13,16)(H,14,15). The van der Waals surface area contributed by atoms with Crippen LogP contribution in [0.4, 0.5) is 5.82 Å². The molecule has 5 nitrogen and oxygen atoms in total. The lowest BCUT2D eigenvalue weighted by Crippen LogP contribution is -2.44. The average molecular weight is 220 g/mol. The number of nitrogens with zero attached hydrogens (tertiary/aromatic N) is 1. The Labute approximate surface area is 94.2 Å². The molecule has 1 aliphatic carbocycles. The number of hydrogen-bond acceptors (Lipinski definition) is 4. The third kappa shape index (κ3) is 2.14. The lowest BCUT2D eigenvalue weighted by Gasteiger charge is -2.33. The van der Waals surface area contributed by atoms with Crippen molar-refractivity contribution in [2.45, 2.75) is 31.8 Å². The van der Waals surface area contributed by atoms with Gasteiger partial charge >= 0.3 is 0 Å². The van der Waals surface area contributed by atoms with Gasteiger partial charge in [0.05, 0.1) is 5.56 Å². The maximum atomic E-state index is 11.2. The maximum Gasteiger partial charge on any atom is 0.252 e. The van der Waals surface area contributed by atoms with E-state index in [9.17, 15) is 4.79 Å². The Morgan fingerprint density at radius 1 is 1.50 bits per heavy atom. The van der Waals surface area contributed by atoms with Crippen LogP contribution in [0.15, 0.2) is 12.1 Å². The number of aryl methyl sites for hydroxylation is 1. The lowest BCUT2D eigenvalue weighted by atomic mass is 9.87. The van der Waals surface area contributed by atoms with Crippen molar-refractivity contribution >= 4 is 11.7 Å². The zero-order valence-electron chi connectivity index (χ0n) is 9.23. The van der Waals surface area contributed by atoms with Crippen LogP contribution < -0.4 is 16.8 Å². The monoisotopic (exact) mass is 220 g/mol. The van der Waals surface area contributed by atoms with Crippen molar-refractivity contribution in [3.8, 4) is 0 Å². The molecule has 0 aliphatic heterocycles. The van der Waals surface area contributed by atoms with E-state index in [2.05, 4.69) is 10.3 Å². The van der Waals surface area contributed by atoms with E-state index in [1.54, 1.807) is 12.1 Å². The summed E-state index contributed by atoms with van der Waals surface area (Å²) in [6, 6.07) is 4.05. The summed E-state index contributed by atoms with van der Waals surface area (Å²) in [4.78, 5) is 15.5. The number of amides is 1. The van der Waals surface area contributed by atoms with Crippen molar-refractivity contribution in [1.82, 2.24) is 4.98 Å². The van der Waals surface area contributed by atoms with E-state index in [1.165, 1.54) is 0 Å². The molecule has 1 fully saturated rings. The molecule has 0 atom stereocenters. The molecule has 0 radical (unpaired) electrons. The summed E-state index contributed by atoms with van der Waals surface area (Å²) >= 11 is 0. The minimum absolute atomic E-state index is 0.263. The number of aromatic nitrogens is 1. The van der Waals surface area contributed by atoms with Crippen LogP contribution in [0, 0.1) is 6.92 Å². The molecule has 16 heavy (non-hydrogen) atoms. The van der Waals surface area contributed by atoms with Crippen LogP contribution in [0.5, 0.6) is 0 Å².